The van der Waals surface area contributed by atoms with Crippen molar-refractivity contribution in [2.75, 3.05) is 18.9 Å². The molecule has 6 nitrogen and oxygen atoms in total. The van der Waals surface area contributed by atoms with Gasteiger partial charge in [0.05, 0.1) is 0 Å². The smallest absolute Gasteiger partial charge is 0.354 e. The van der Waals surface area contributed by atoms with Crippen LogP contribution in [0.4, 0.5) is 5.13 Å². The topological polar surface area (TPSA) is 78.3 Å². The Morgan fingerprint density at radius 2 is 2.09 bits per heavy atom. The second-order valence-electron chi connectivity index (χ2n) is 4.63. The molecule has 0 fully saturated rings. The van der Waals surface area contributed by atoms with Crippen LogP contribution < -0.4 is 36.9 Å². The number of aromatic nitrogens is 2. The van der Waals surface area contributed by atoms with Gasteiger partial charge in [-0.25, -0.2) is 0 Å². The first-order valence-corrected chi connectivity index (χ1v) is 7.57. The van der Waals surface area contributed by atoms with Crippen LogP contribution in [0.3, 0.4) is 0 Å². The van der Waals surface area contributed by atoms with Crippen LogP contribution in [0.2, 0.25) is 0 Å². The summed E-state index contributed by atoms with van der Waals surface area (Å²) in [4.78, 5) is 12.3. The van der Waals surface area contributed by atoms with Gasteiger partial charge in [0, 0.05) is 12.0 Å². The summed E-state index contributed by atoms with van der Waals surface area (Å²) in [5.41, 5.74) is 6.44. The highest BCUT2D eigenvalue weighted by atomic mass is 79.9. The number of fused-ring (bicyclic) bond motifs is 1. The van der Waals surface area contributed by atoms with Gasteiger partial charge in [-0.3, -0.25) is 10.5 Å². The molecule has 0 amide bonds. The van der Waals surface area contributed by atoms with Gasteiger partial charge in [0.1, 0.15) is 18.2 Å². The van der Waals surface area contributed by atoms with Crippen LogP contribution in [0.5, 0.6) is 11.5 Å². The van der Waals surface area contributed by atoms with E-state index >= 15 is 0 Å². The number of rotatable bonds is 4. The fraction of sp³-hybridized carbons (Fsp3) is 0.357. The molecule has 0 aliphatic carbocycles. The van der Waals surface area contributed by atoms with Gasteiger partial charge in [0.25, 0.3) is 0 Å². The Hall–Kier alpha value is -1.67. The molecular formula is C14H16BrN3O3S. The third-order valence-electron chi connectivity index (χ3n) is 3.17. The molecule has 2 heterocycles. The Morgan fingerprint density at radius 1 is 1.36 bits per heavy atom. The minimum Gasteiger partial charge on any atom is -1.00 e. The summed E-state index contributed by atoms with van der Waals surface area (Å²) in [6.07, 6.45) is 0.806. The van der Waals surface area contributed by atoms with Crippen LogP contribution in [0.1, 0.15) is 22.3 Å². The maximum Gasteiger partial charge on any atom is 0.354 e. The number of Topliss-reactive ketones (excluding diaryl/α,β-unsaturated/α-hetero) is 1. The molecular weight excluding hydrogens is 370 g/mol. The van der Waals surface area contributed by atoms with E-state index in [2.05, 4.69) is 5.10 Å². The zero-order chi connectivity index (χ0) is 14.8. The van der Waals surface area contributed by atoms with Gasteiger partial charge in [-0.15, -0.1) is 4.68 Å². The number of nitrogens with two attached hydrogens (primary N) is 1. The average molecular weight is 386 g/mol. The van der Waals surface area contributed by atoms with E-state index in [1.807, 2.05) is 6.92 Å². The van der Waals surface area contributed by atoms with Crippen molar-refractivity contribution in [3.63, 3.8) is 0 Å². The van der Waals surface area contributed by atoms with Gasteiger partial charge in [-0.05, 0) is 29.5 Å². The fourth-order valence-electron chi connectivity index (χ4n) is 2.08. The highest BCUT2D eigenvalue weighted by molar-refractivity contribution is 7.14. The van der Waals surface area contributed by atoms with Gasteiger partial charge < -0.3 is 26.5 Å². The summed E-state index contributed by atoms with van der Waals surface area (Å²) in [6, 6.07) is 5.20. The number of hydrogen-bond acceptors (Lipinski definition) is 6. The summed E-state index contributed by atoms with van der Waals surface area (Å²) < 4.78 is 12.5. The van der Waals surface area contributed by atoms with Crippen molar-refractivity contribution < 1.29 is 35.9 Å². The Balaban J connectivity index is 0.00000176. The number of halogens is 1. The molecule has 8 heteroatoms. The predicted molar refractivity (Wildman–Crippen MR) is 77.9 cm³/mol. The van der Waals surface area contributed by atoms with E-state index in [9.17, 15) is 4.79 Å². The number of nitrogens with zero attached hydrogens (tertiary/aromatic N) is 2. The lowest BCUT2D eigenvalue weighted by atomic mass is 10.1. The molecule has 0 saturated heterocycles. The van der Waals surface area contributed by atoms with Gasteiger partial charge in [-0.2, -0.15) is 0 Å². The minimum atomic E-state index is -0.0587. The molecule has 1 aliphatic heterocycles. The second kappa shape index (κ2) is 7.06. The SMILES string of the molecule is CCc1n[n+](CC(=O)c2ccc3c(c2)OCCO3)c(N)s1.[Br-]. The average Bonchev–Trinajstić information content (AvgIpc) is 2.87. The third-order valence-corrected chi connectivity index (χ3v) is 4.19. The quantitative estimate of drug-likeness (QED) is 0.497. The zero-order valence-corrected chi connectivity index (χ0v) is 14.4. The first-order valence-electron chi connectivity index (χ1n) is 6.75. The van der Waals surface area contributed by atoms with Crippen LogP contribution in [0.25, 0.3) is 0 Å². The van der Waals surface area contributed by atoms with Crippen LogP contribution >= 0.6 is 11.3 Å². The van der Waals surface area contributed by atoms with Crippen molar-refractivity contribution in [2.24, 2.45) is 0 Å². The molecule has 0 saturated carbocycles. The molecule has 0 unspecified atom stereocenters. The van der Waals surface area contributed by atoms with Crippen molar-refractivity contribution in [1.82, 2.24) is 5.10 Å². The lowest BCUT2D eigenvalue weighted by Gasteiger charge is -2.18. The van der Waals surface area contributed by atoms with Crippen molar-refractivity contribution in [1.29, 1.82) is 0 Å². The zero-order valence-electron chi connectivity index (χ0n) is 12.0. The van der Waals surface area contributed by atoms with Crippen molar-refractivity contribution in [3.8, 4) is 11.5 Å². The van der Waals surface area contributed by atoms with E-state index in [4.69, 9.17) is 15.2 Å². The molecule has 3 rings (SSSR count). The number of carbonyl (C=O) groups is 1. The van der Waals surface area contributed by atoms with Gasteiger partial charge in [0.2, 0.25) is 5.78 Å². The largest absolute Gasteiger partial charge is 1.00 e. The number of nitrogen functional groups attached to an aromatic ring is 1. The van der Waals surface area contributed by atoms with Gasteiger partial charge in [-0.1, -0.05) is 12.0 Å². The number of anilines is 1. The molecule has 0 spiro atoms. The Labute approximate surface area is 142 Å². The molecule has 0 atom stereocenters. The Bertz CT molecular complexity index is 690. The van der Waals surface area contributed by atoms with Gasteiger partial charge >= 0.3 is 5.13 Å². The summed E-state index contributed by atoms with van der Waals surface area (Å²) in [7, 11) is 0. The lowest BCUT2D eigenvalue weighted by molar-refractivity contribution is -0.723. The fourth-order valence-corrected chi connectivity index (χ4v) is 2.81. The number of carbonyl (C=O) groups excluding carboxylic acids is 1. The third kappa shape index (κ3) is 3.38. The number of ether oxygens (including phenoxy) is 2. The van der Waals surface area contributed by atoms with E-state index < -0.39 is 0 Å². The molecule has 1 aromatic carbocycles. The van der Waals surface area contributed by atoms with E-state index in [1.54, 1.807) is 22.9 Å². The van der Waals surface area contributed by atoms with E-state index in [-0.39, 0.29) is 29.3 Å². The van der Waals surface area contributed by atoms with Crippen molar-refractivity contribution in [3.05, 3.63) is 28.8 Å². The van der Waals surface area contributed by atoms with Gasteiger partial charge in [0.15, 0.2) is 18.0 Å². The molecule has 0 radical (unpaired) electrons. The second-order valence-corrected chi connectivity index (χ2v) is 5.72. The van der Waals surface area contributed by atoms with E-state index in [0.717, 1.165) is 11.4 Å². The van der Waals surface area contributed by atoms with E-state index in [0.29, 0.717) is 35.4 Å². The normalized spacial score (nSPS) is 12.6. The molecule has 118 valence electrons. The van der Waals surface area contributed by atoms with Crippen molar-refractivity contribution >= 4 is 22.3 Å². The standard InChI is InChI=1S/C14H15N3O3S.BrH/c1-2-13-16-17(14(15)21-13)8-10(18)9-3-4-11-12(7-9)20-6-5-19-11;/h3-4,7,15H,2,5-6,8H2,1H3;1H. The maximum absolute atomic E-state index is 12.3. The van der Waals surface area contributed by atoms with E-state index in [1.165, 1.54) is 11.3 Å². The molecule has 2 N–H and O–H groups in total. The minimum absolute atomic E-state index is 0. The summed E-state index contributed by atoms with van der Waals surface area (Å²) >= 11 is 1.41. The first-order chi connectivity index (χ1) is 10.2. The lowest BCUT2D eigenvalue weighted by Crippen LogP contribution is -3.00. The predicted octanol–water partition coefficient (Wildman–Crippen LogP) is -1.77. The summed E-state index contributed by atoms with van der Waals surface area (Å²) in [5.74, 6) is 1.22. The van der Waals surface area contributed by atoms with Crippen molar-refractivity contribution in [2.45, 2.75) is 19.9 Å². The highest BCUT2D eigenvalue weighted by Gasteiger charge is 2.20. The molecule has 1 aromatic heterocycles. The number of aryl methyl sites for hydroxylation is 1. The molecule has 2 aromatic rings. The Kier molecular flexibility index (Phi) is 5.36. The highest BCUT2D eigenvalue weighted by Crippen LogP contribution is 2.30. The molecule has 1 aliphatic rings. The molecule has 22 heavy (non-hydrogen) atoms. The maximum atomic E-state index is 12.3. The summed E-state index contributed by atoms with van der Waals surface area (Å²) in [6.45, 7) is 3.16. The number of benzene rings is 1. The van der Waals surface area contributed by atoms with Crippen LogP contribution in [0.15, 0.2) is 18.2 Å². The number of hydrogen-bond donors (Lipinski definition) is 1. The van der Waals surface area contributed by atoms with Crippen LogP contribution in [0, 0.1) is 0 Å². The monoisotopic (exact) mass is 385 g/mol. The first kappa shape index (κ1) is 16.7. The van der Waals surface area contributed by atoms with Crippen LogP contribution in [-0.4, -0.2) is 24.1 Å². The Morgan fingerprint density at radius 3 is 2.77 bits per heavy atom. The molecule has 0 bridgehead atoms. The number of ketones is 1. The van der Waals surface area contributed by atoms with Crippen LogP contribution in [-0.2, 0) is 13.0 Å². The summed E-state index contributed by atoms with van der Waals surface area (Å²) in [5, 5.41) is 5.77.